The van der Waals surface area contributed by atoms with Crippen molar-refractivity contribution in [3.63, 3.8) is 0 Å². The summed E-state index contributed by atoms with van der Waals surface area (Å²) in [4.78, 5) is 18.2. The summed E-state index contributed by atoms with van der Waals surface area (Å²) in [6, 6.07) is 15.8. The molecule has 8 heteroatoms. The molecule has 1 aromatic carbocycles. The van der Waals surface area contributed by atoms with Crippen LogP contribution in [0.2, 0.25) is 0 Å². The van der Waals surface area contributed by atoms with Crippen LogP contribution in [-0.4, -0.2) is 39.2 Å². The Morgan fingerprint density at radius 3 is 2.74 bits per heavy atom. The van der Waals surface area contributed by atoms with E-state index >= 15 is 0 Å². The van der Waals surface area contributed by atoms with Crippen molar-refractivity contribution in [2.24, 2.45) is 0 Å². The number of hydrogen-bond donors (Lipinski definition) is 1. The molecule has 3 heterocycles. The number of halogens is 1. The molecular weight excluding hydrogens is 415 g/mol. The van der Waals surface area contributed by atoms with Gasteiger partial charge in [0.05, 0.1) is 30.6 Å². The maximum Gasteiger partial charge on any atom is 0.305 e. The molecule has 1 saturated heterocycles. The van der Waals surface area contributed by atoms with E-state index in [-0.39, 0.29) is 23.9 Å². The summed E-state index contributed by atoms with van der Waals surface area (Å²) in [5.41, 5.74) is 2.19. The Hall–Kier alpha value is -3.26. The lowest BCUT2D eigenvalue weighted by atomic mass is 10.0. The molecule has 2 aromatic heterocycles. The minimum absolute atomic E-state index is 0.216. The molecule has 0 spiro atoms. The van der Waals surface area contributed by atoms with Gasteiger partial charge in [0.15, 0.2) is 5.11 Å². The van der Waals surface area contributed by atoms with Crippen LogP contribution in [0.3, 0.4) is 0 Å². The van der Waals surface area contributed by atoms with Crippen LogP contribution in [0.4, 0.5) is 4.39 Å². The lowest BCUT2D eigenvalue weighted by molar-refractivity contribution is -0.140. The zero-order valence-electron chi connectivity index (χ0n) is 17.1. The highest BCUT2D eigenvalue weighted by atomic mass is 32.1. The van der Waals surface area contributed by atoms with E-state index in [1.165, 1.54) is 13.2 Å². The third kappa shape index (κ3) is 4.29. The van der Waals surface area contributed by atoms with E-state index in [0.717, 1.165) is 11.4 Å². The molecule has 6 nitrogen and oxygen atoms in total. The minimum Gasteiger partial charge on any atom is -0.469 e. The topological polar surface area (TPSA) is 59.4 Å². The quantitative estimate of drug-likeness (QED) is 0.446. The maximum absolute atomic E-state index is 14.6. The SMILES string of the molecule is COC(=O)CCCN1C(=S)N[C@H](c2ccccn2)[C@@H]1c1cccn1-c1ccccc1F. The number of nitrogens with zero attached hydrogens (tertiary/aromatic N) is 3. The molecule has 3 aromatic rings. The van der Waals surface area contributed by atoms with Crippen LogP contribution in [0.25, 0.3) is 5.69 Å². The van der Waals surface area contributed by atoms with Gasteiger partial charge >= 0.3 is 5.97 Å². The van der Waals surface area contributed by atoms with Crippen molar-refractivity contribution >= 4 is 23.3 Å². The number of esters is 1. The molecule has 1 fully saturated rings. The summed E-state index contributed by atoms with van der Waals surface area (Å²) >= 11 is 5.65. The summed E-state index contributed by atoms with van der Waals surface area (Å²) in [6.45, 7) is 0.553. The molecule has 1 aliphatic heterocycles. The smallest absolute Gasteiger partial charge is 0.305 e. The van der Waals surface area contributed by atoms with Crippen molar-refractivity contribution in [2.75, 3.05) is 13.7 Å². The summed E-state index contributed by atoms with van der Waals surface area (Å²) in [7, 11) is 1.38. The molecular formula is C23H23FN4O2S. The van der Waals surface area contributed by atoms with Gasteiger partial charge < -0.3 is 19.5 Å². The lowest BCUT2D eigenvalue weighted by Crippen LogP contribution is -2.31. The zero-order chi connectivity index (χ0) is 21.8. The maximum atomic E-state index is 14.6. The van der Waals surface area contributed by atoms with Gasteiger partial charge in [-0.2, -0.15) is 0 Å². The van der Waals surface area contributed by atoms with Crippen LogP contribution < -0.4 is 5.32 Å². The van der Waals surface area contributed by atoms with Gasteiger partial charge in [-0.3, -0.25) is 9.78 Å². The number of rotatable bonds is 7. The number of hydrogen-bond acceptors (Lipinski definition) is 4. The van der Waals surface area contributed by atoms with Gasteiger partial charge in [-0.15, -0.1) is 0 Å². The number of methoxy groups -OCH3 is 1. The van der Waals surface area contributed by atoms with E-state index < -0.39 is 0 Å². The predicted molar refractivity (Wildman–Crippen MR) is 119 cm³/mol. The first kappa shape index (κ1) is 21.0. The second kappa shape index (κ2) is 9.26. The summed E-state index contributed by atoms with van der Waals surface area (Å²) in [6.07, 6.45) is 4.47. The van der Waals surface area contributed by atoms with Crippen molar-refractivity contribution < 1.29 is 13.9 Å². The Morgan fingerprint density at radius 1 is 1.19 bits per heavy atom. The van der Waals surface area contributed by atoms with E-state index in [4.69, 9.17) is 17.0 Å². The van der Waals surface area contributed by atoms with Crippen LogP contribution in [0, 0.1) is 5.82 Å². The van der Waals surface area contributed by atoms with Crippen molar-refractivity contribution in [1.29, 1.82) is 0 Å². The highest BCUT2D eigenvalue weighted by molar-refractivity contribution is 7.80. The first-order valence-electron chi connectivity index (χ1n) is 10.1. The molecule has 160 valence electrons. The molecule has 0 unspecified atom stereocenters. The molecule has 2 atom stereocenters. The average Bonchev–Trinajstić information content (AvgIpc) is 3.39. The Bertz CT molecular complexity index is 1070. The van der Waals surface area contributed by atoms with Gasteiger partial charge in [0.2, 0.25) is 0 Å². The third-order valence-electron chi connectivity index (χ3n) is 5.40. The van der Waals surface area contributed by atoms with Crippen molar-refractivity contribution in [3.8, 4) is 5.69 Å². The lowest BCUT2D eigenvalue weighted by Gasteiger charge is -2.29. The van der Waals surface area contributed by atoms with Gasteiger partial charge in [-0.05, 0) is 55.0 Å². The Morgan fingerprint density at radius 2 is 2.00 bits per heavy atom. The van der Waals surface area contributed by atoms with Crippen LogP contribution >= 0.6 is 12.2 Å². The fourth-order valence-electron chi connectivity index (χ4n) is 3.97. The monoisotopic (exact) mass is 438 g/mol. The first-order chi connectivity index (χ1) is 15.1. The first-order valence-corrected chi connectivity index (χ1v) is 10.5. The number of carbonyl (C=O) groups is 1. The van der Waals surface area contributed by atoms with Crippen LogP contribution in [0.5, 0.6) is 0 Å². The normalized spacial score (nSPS) is 18.1. The van der Waals surface area contributed by atoms with E-state index in [9.17, 15) is 9.18 Å². The number of carbonyl (C=O) groups excluding carboxylic acids is 1. The number of pyridine rings is 1. The van der Waals surface area contributed by atoms with E-state index in [2.05, 4.69) is 10.3 Å². The van der Waals surface area contributed by atoms with Crippen LogP contribution in [0.15, 0.2) is 67.0 Å². The molecule has 4 rings (SSSR count). The third-order valence-corrected chi connectivity index (χ3v) is 5.75. The summed E-state index contributed by atoms with van der Waals surface area (Å²) in [5.74, 6) is -0.564. The molecule has 0 radical (unpaired) electrons. The van der Waals surface area contributed by atoms with E-state index in [1.807, 2.05) is 52.1 Å². The summed E-state index contributed by atoms with van der Waals surface area (Å²) in [5, 5.41) is 3.95. The van der Waals surface area contributed by atoms with Crippen LogP contribution in [-0.2, 0) is 9.53 Å². The van der Waals surface area contributed by atoms with Crippen molar-refractivity contribution in [2.45, 2.75) is 24.9 Å². The van der Waals surface area contributed by atoms with E-state index in [0.29, 0.717) is 30.2 Å². The standard InChI is InChI=1S/C23H23FN4O2S/c1-30-20(29)12-7-15-28-22(21(26-23(28)31)17-9-4-5-13-25-17)19-11-6-14-27(19)18-10-3-2-8-16(18)24/h2-6,8-11,13-14,21-22H,7,12,15H2,1H3,(H,26,31)/t21-,22+/m1/s1. The van der Waals surface area contributed by atoms with Gasteiger partial charge in [0.25, 0.3) is 0 Å². The Balaban J connectivity index is 1.73. The van der Waals surface area contributed by atoms with Crippen molar-refractivity contribution in [3.05, 3.63) is 84.2 Å². The second-order valence-corrected chi connectivity index (χ2v) is 7.64. The van der Waals surface area contributed by atoms with E-state index in [1.54, 1.807) is 18.3 Å². The number of ether oxygens (including phenoxy) is 1. The number of thiocarbonyl (C=S) groups is 1. The highest BCUT2D eigenvalue weighted by Gasteiger charge is 2.41. The number of benzene rings is 1. The van der Waals surface area contributed by atoms with Gasteiger partial charge in [-0.25, -0.2) is 4.39 Å². The van der Waals surface area contributed by atoms with Gasteiger partial charge in [0, 0.05) is 31.1 Å². The number of nitrogens with one attached hydrogen (secondary N) is 1. The Labute approximate surface area is 185 Å². The molecule has 0 amide bonds. The van der Waals surface area contributed by atoms with Gasteiger partial charge in [-0.1, -0.05) is 18.2 Å². The minimum atomic E-state index is -0.305. The molecule has 31 heavy (non-hydrogen) atoms. The zero-order valence-corrected chi connectivity index (χ0v) is 17.9. The second-order valence-electron chi connectivity index (χ2n) is 7.25. The summed E-state index contributed by atoms with van der Waals surface area (Å²) < 4.78 is 21.2. The molecule has 1 N–H and O–H groups in total. The highest BCUT2D eigenvalue weighted by Crippen LogP contribution is 2.39. The molecule has 1 aliphatic rings. The fourth-order valence-corrected chi connectivity index (χ4v) is 4.30. The largest absolute Gasteiger partial charge is 0.469 e. The Kier molecular flexibility index (Phi) is 6.27. The molecule has 0 aliphatic carbocycles. The number of aromatic nitrogens is 2. The van der Waals surface area contributed by atoms with Crippen molar-refractivity contribution in [1.82, 2.24) is 19.8 Å². The molecule has 0 saturated carbocycles. The van der Waals surface area contributed by atoms with Gasteiger partial charge in [0.1, 0.15) is 5.82 Å². The fraction of sp³-hybridized carbons (Fsp3) is 0.261. The average molecular weight is 439 g/mol. The number of para-hydroxylation sites is 1. The predicted octanol–water partition coefficient (Wildman–Crippen LogP) is 3.94. The molecule has 0 bridgehead atoms. The van der Waals surface area contributed by atoms with Crippen LogP contribution in [0.1, 0.15) is 36.3 Å².